The molecule has 0 spiro atoms. The minimum Gasteiger partial charge on any atom is -0.370 e. The van der Waals surface area contributed by atoms with E-state index in [0.29, 0.717) is 55.4 Å². The molecule has 0 saturated carbocycles. The average Bonchev–Trinajstić information content (AvgIpc) is 1.82. The number of carbonyl (C=O) groups is 13. The van der Waals surface area contributed by atoms with Gasteiger partial charge in [0.1, 0.15) is 54.4 Å². The van der Waals surface area contributed by atoms with Gasteiger partial charge in [0.15, 0.2) is 5.96 Å². The molecule has 536 valence electrons. The lowest BCUT2D eigenvalue weighted by molar-refractivity contribution is -0.144. The summed E-state index contributed by atoms with van der Waals surface area (Å²) in [5.41, 5.74) is 40.7. The van der Waals surface area contributed by atoms with Gasteiger partial charge in [-0.05, 0) is 119 Å². The smallest absolute Gasteiger partial charge is 0.245 e. The zero-order chi connectivity index (χ0) is 71.9. The summed E-state index contributed by atoms with van der Waals surface area (Å²) in [6, 6.07) is 4.52. The normalized spacial score (nSPS) is 17.4. The number of primary amides is 3. The highest BCUT2D eigenvalue weighted by molar-refractivity contribution is 7.98. The van der Waals surface area contributed by atoms with Gasteiger partial charge in [0.25, 0.3) is 0 Å². The van der Waals surface area contributed by atoms with Gasteiger partial charge in [-0.1, -0.05) is 88.4 Å². The molecule has 22 N–H and O–H groups in total. The molecule has 2 fully saturated rings. The Bertz CT molecular complexity index is 3030. The summed E-state index contributed by atoms with van der Waals surface area (Å²) < 4.78 is 0. The molecule has 2 saturated heterocycles. The van der Waals surface area contributed by atoms with Crippen molar-refractivity contribution in [1.82, 2.24) is 52.3 Å². The van der Waals surface area contributed by atoms with E-state index in [0.717, 1.165) is 0 Å². The van der Waals surface area contributed by atoms with E-state index in [1.54, 1.807) is 74.5 Å². The van der Waals surface area contributed by atoms with Gasteiger partial charge in [0.05, 0.1) is 12.6 Å². The highest BCUT2D eigenvalue weighted by Crippen LogP contribution is 2.26. The van der Waals surface area contributed by atoms with Crippen molar-refractivity contribution in [3.8, 4) is 0 Å². The number of thioether (sulfide) groups is 1. The van der Waals surface area contributed by atoms with Crippen LogP contribution in [0.4, 0.5) is 0 Å². The monoisotopic (exact) mass is 1370 g/mol. The number of rotatable bonds is 42. The van der Waals surface area contributed by atoms with E-state index >= 15 is 4.79 Å². The van der Waals surface area contributed by atoms with Gasteiger partial charge >= 0.3 is 0 Å². The molecule has 0 bridgehead atoms. The number of nitrogens with one attached hydrogen (secondary N) is 8. The lowest BCUT2D eigenvalue weighted by atomic mass is 9.89. The SMILES string of the molecule is CSCC[C@H](NC(=O)[C@H](CC(C)C)NC(=O)CNC(=O)[C@@H](NC(=O)[C@@H](NC(=O)[C@H](CCC(N)=O)NC(=O)[C@H](CCC(N)=O)NC(=O)[C@@H]1CCCN1C(=O)[C@H](CCCCN)NC(=O)[C@@H]1CCCN1C(=O)[C@@H](N)CCCN=C(N)N)[C@H](C)c1ccccc1)[C@@H](C)c1ccccc1)C(N)=O. The topological polar surface area (TPSA) is 519 Å². The Hall–Kier alpha value is -8.91. The van der Waals surface area contributed by atoms with Gasteiger partial charge in [-0.2, -0.15) is 11.8 Å². The predicted octanol–water partition coefficient (Wildman–Crippen LogP) is -2.59. The van der Waals surface area contributed by atoms with E-state index in [1.807, 2.05) is 20.1 Å². The number of amides is 13. The van der Waals surface area contributed by atoms with E-state index in [1.165, 1.54) is 21.6 Å². The van der Waals surface area contributed by atoms with Crippen molar-refractivity contribution in [3.05, 3.63) is 71.8 Å². The first-order chi connectivity index (χ1) is 46.1. The van der Waals surface area contributed by atoms with Crippen molar-refractivity contribution in [2.75, 3.05) is 44.7 Å². The number of benzene rings is 2. The van der Waals surface area contributed by atoms with Gasteiger partial charge in [-0.15, -0.1) is 0 Å². The molecule has 2 aliphatic rings. The second-order valence-corrected chi connectivity index (χ2v) is 26.0. The predicted molar refractivity (Wildman–Crippen MR) is 365 cm³/mol. The van der Waals surface area contributed by atoms with Crippen LogP contribution in [0.2, 0.25) is 0 Å². The number of carbonyl (C=O) groups excluding carboxylic acids is 13. The quantitative estimate of drug-likeness (QED) is 0.0184. The van der Waals surface area contributed by atoms with Crippen molar-refractivity contribution in [1.29, 1.82) is 0 Å². The maximum Gasteiger partial charge on any atom is 0.245 e. The number of hydrogen-bond donors (Lipinski definition) is 15. The molecular weight excluding hydrogens is 1270 g/mol. The fourth-order valence-corrected chi connectivity index (χ4v) is 12.1. The molecule has 12 atom stereocenters. The Kier molecular flexibility index (Phi) is 34.2. The minimum absolute atomic E-state index is 0.0710. The zero-order valence-corrected chi connectivity index (χ0v) is 57.0. The van der Waals surface area contributed by atoms with Crippen LogP contribution in [-0.4, -0.2) is 198 Å². The van der Waals surface area contributed by atoms with Crippen molar-refractivity contribution >= 4 is 94.5 Å². The van der Waals surface area contributed by atoms with E-state index in [4.69, 9.17) is 40.1 Å². The summed E-state index contributed by atoms with van der Waals surface area (Å²) in [7, 11) is 0. The standard InChI is InChI=1S/C65H102N18O13S/c1-37(2)35-47(58(90)76-43(55(70)87)29-34-97-5)75-52(86)36-74-61(93)53(38(3)40-17-8-6-9-18-40)81-62(94)54(39(4)41-19-10-7-11-20-41)80-57(89)45(26-28-51(69)85)77-56(88)44(25-27-50(68)84)78-59(91)49-24-16-33-83(49)64(96)46(22-12-13-30-66)79-60(92)48-23-15-32-82(48)63(95)42(67)21-14-31-73-65(71)72/h6-11,17-20,37-39,42-49,53-54H,12-16,21-36,66-67H2,1-5H3,(H2,68,84)(H2,69,85)(H2,70,87)(H,74,93)(H,75,86)(H,76,90)(H,77,88)(H,78,91)(H,79,92)(H,80,89)(H,81,94)(H4,71,72,73)/t38-,39+,42-,43-,44-,45-,46-,47-,48-,49-,53-,54-/m0/s1. The van der Waals surface area contributed by atoms with Gasteiger partial charge < -0.3 is 92.5 Å². The molecule has 2 aromatic carbocycles. The third-order valence-electron chi connectivity index (χ3n) is 17.0. The molecule has 13 amide bonds. The first-order valence-electron chi connectivity index (χ1n) is 33.0. The van der Waals surface area contributed by atoms with Gasteiger partial charge in [-0.3, -0.25) is 67.3 Å². The first kappa shape index (κ1) is 80.5. The number of nitrogens with two attached hydrogens (primary N) is 7. The molecule has 0 aliphatic carbocycles. The third-order valence-corrected chi connectivity index (χ3v) is 17.7. The number of guanidine groups is 1. The molecule has 32 heteroatoms. The molecule has 31 nitrogen and oxygen atoms in total. The molecule has 0 unspecified atom stereocenters. The molecular formula is C65H102N18O13S. The lowest BCUT2D eigenvalue weighted by Gasteiger charge is -2.32. The van der Waals surface area contributed by atoms with E-state index < -0.39 is 181 Å². The fourth-order valence-electron chi connectivity index (χ4n) is 11.6. The van der Waals surface area contributed by atoms with Crippen LogP contribution >= 0.6 is 11.8 Å². The fraction of sp³-hybridized carbons (Fsp3) is 0.600. The maximum absolute atomic E-state index is 15.0. The summed E-state index contributed by atoms with van der Waals surface area (Å²) in [5, 5.41) is 21.4. The molecule has 2 aromatic rings. The largest absolute Gasteiger partial charge is 0.370 e. The number of aliphatic imine (C=N–C) groups is 1. The van der Waals surface area contributed by atoms with Gasteiger partial charge in [0, 0.05) is 44.3 Å². The highest BCUT2D eigenvalue weighted by atomic mass is 32.2. The maximum atomic E-state index is 15.0. The van der Waals surface area contributed by atoms with Gasteiger partial charge in [0.2, 0.25) is 76.8 Å². The Labute approximate surface area is 570 Å². The second kappa shape index (κ2) is 41.3. The zero-order valence-electron chi connectivity index (χ0n) is 56.2. The summed E-state index contributed by atoms with van der Waals surface area (Å²) in [4.78, 5) is 186. The molecule has 97 heavy (non-hydrogen) atoms. The van der Waals surface area contributed by atoms with E-state index in [9.17, 15) is 57.5 Å². The molecule has 2 aliphatic heterocycles. The second-order valence-electron chi connectivity index (χ2n) is 25.0. The van der Waals surface area contributed by atoms with Crippen LogP contribution in [0.1, 0.15) is 147 Å². The number of nitrogens with zero attached hydrogens (tertiary/aromatic N) is 3. The summed E-state index contributed by atoms with van der Waals surface area (Å²) in [6.07, 6.45) is 3.38. The Morgan fingerprint density at radius 1 is 0.536 bits per heavy atom. The number of unbranched alkanes of at least 4 members (excludes halogenated alkanes) is 1. The Balaban J connectivity index is 1.60. The van der Waals surface area contributed by atoms with Crippen molar-refractivity contribution in [3.63, 3.8) is 0 Å². The summed E-state index contributed by atoms with van der Waals surface area (Å²) in [5.74, 6) is -11.5. The van der Waals surface area contributed by atoms with Crippen LogP contribution in [0, 0.1) is 5.92 Å². The molecule has 0 aromatic heterocycles. The Morgan fingerprint density at radius 3 is 1.53 bits per heavy atom. The first-order valence-corrected chi connectivity index (χ1v) is 34.4. The van der Waals surface area contributed by atoms with Crippen molar-refractivity contribution in [2.45, 2.75) is 196 Å². The summed E-state index contributed by atoms with van der Waals surface area (Å²) in [6.45, 7) is 7.14. The minimum atomic E-state index is -1.66. The molecule has 4 rings (SSSR count). The lowest BCUT2D eigenvalue weighted by Crippen LogP contribution is -2.61. The van der Waals surface area contributed by atoms with Gasteiger partial charge in [-0.25, -0.2) is 0 Å². The van der Waals surface area contributed by atoms with E-state index in [2.05, 4.69) is 47.5 Å². The summed E-state index contributed by atoms with van der Waals surface area (Å²) >= 11 is 1.45. The van der Waals surface area contributed by atoms with Crippen LogP contribution in [-0.2, 0) is 62.3 Å². The van der Waals surface area contributed by atoms with Crippen LogP contribution in [0.3, 0.4) is 0 Å². The number of hydrogen-bond acceptors (Lipinski definition) is 17. The molecule has 0 radical (unpaired) electrons. The average molecular weight is 1380 g/mol. The van der Waals surface area contributed by atoms with Crippen LogP contribution < -0.4 is 82.7 Å². The molecule has 2 heterocycles. The third kappa shape index (κ3) is 26.6. The Morgan fingerprint density at radius 2 is 1.02 bits per heavy atom. The van der Waals surface area contributed by atoms with E-state index in [-0.39, 0.29) is 70.2 Å². The van der Waals surface area contributed by atoms with Crippen molar-refractivity contribution < 1.29 is 62.3 Å². The number of likely N-dealkylation sites (tertiary alicyclic amines) is 2. The van der Waals surface area contributed by atoms with Crippen LogP contribution in [0.5, 0.6) is 0 Å². The van der Waals surface area contributed by atoms with Crippen molar-refractivity contribution in [2.24, 2.45) is 51.0 Å². The van der Waals surface area contributed by atoms with Crippen LogP contribution in [0.25, 0.3) is 0 Å². The van der Waals surface area contributed by atoms with Crippen LogP contribution in [0.15, 0.2) is 65.7 Å². The highest BCUT2D eigenvalue weighted by Gasteiger charge is 2.43.